The third-order valence-corrected chi connectivity index (χ3v) is 5.56. The van der Waals surface area contributed by atoms with Crippen molar-refractivity contribution in [1.82, 2.24) is 14.5 Å². The summed E-state index contributed by atoms with van der Waals surface area (Å²) in [6.07, 6.45) is -1.78. The molecule has 0 radical (unpaired) electrons. The number of benzene rings is 1. The van der Waals surface area contributed by atoms with E-state index in [9.17, 15) is 27.2 Å². The Labute approximate surface area is 201 Å². The van der Waals surface area contributed by atoms with Gasteiger partial charge in [-0.05, 0) is 50.5 Å². The first-order valence-electron chi connectivity index (χ1n) is 10.7. The Morgan fingerprint density at radius 3 is 2.56 bits per heavy atom. The lowest BCUT2D eigenvalue weighted by molar-refractivity contribution is -0.274. The number of hydrogen-bond donors (Lipinski definition) is 2. The number of halogens is 4. The van der Waals surface area contributed by atoms with Gasteiger partial charge in [-0.25, -0.2) is 14.4 Å². The number of ether oxygens (including phenoxy) is 2. The molecule has 0 spiro atoms. The highest BCUT2D eigenvalue weighted by atomic mass is 19.4. The van der Waals surface area contributed by atoms with Crippen LogP contribution in [-0.2, 0) is 4.79 Å². The maximum atomic E-state index is 14.3. The third-order valence-electron chi connectivity index (χ3n) is 5.56. The minimum absolute atomic E-state index is 0.235. The van der Waals surface area contributed by atoms with E-state index < -0.39 is 35.4 Å². The molecule has 0 amide bonds. The van der Waals surface area contributed by atoms with Crippen LogP contribution in [0.1, 0.15) is 24.1 Å². The van der Waals surface area contributed by atoms with Gasteiger partial charge in [-0.2, -0.15) is 0 Å². The number of carboxylic acids is 1. The summed E-state index contributed by atoms with van der Waals surface area (Å²) >= 11 is 0. The Balaban J connectivity index is 1.55. The molecule has 0 saturated heterocycles. The second kappa shape index (κ2) is 9.47. The van der Waals surface area contributed by atoms with Gasteiger partial charge in [0.25, 0.3) is 5.56 Å². The van der Waals surface area contributed by atoms with Crippen molar-refractivity contribution in [3.8, 4) is 17.3 Å². The van der Waals surface area contributed by atoms with Crippen LogP contribution in [-0.4, -0.2) is 38.1 Å². The van der Waals surface area contributed by atoms with Crippen LogP contribution in [0.2, 0.25) is 0 Å². The summed E-state index contributed by atoms with van der Waals surface area (Å²) in [6, 6.07) is 4.02. The molecule has 1 aromatic carbocycles. The largest absolute Gasteiger partial charge is 0.573 e. The van der Waals surface area contributed by atoms with E-state index in [0.717, 1.165) is 12.1 Å². The van der Waals surface area contributed by atoms with Crippen LogP contribution in [0.25, 0.3) is 5.82 Å². The number of anilines is 2. The van der Waals surface area contributed by atoms with E-state index in [-0.39, 0.29) is 23.4 Å². The van der Waals surface area contributed by atoms with E-state index in [4.69, 9.17) is 9.84 Å². The number of nitrogens with one attached hydrogen (secondary N) is 1. The van der Waals surface area contributed by atoms with Gasteiger partial charge in [0.05, 0.1) is 17.3 Å². The zero-order valence-corrected chi connectivity index (χ0v) is 19.0. The SMILES string of the molecule is Cc1cc(-n2ccnc(Nc3ccc(OC(F)(F)F)cc3F)c2=O)nc(C)c1OC1CC(C(=O)O)C1. The quantitative estimate of drug-likeness (QED) is 0.455. The highest BCUT2D eigenvalue weighted by Gasteiger charge is 2.36. The standard InChI is InChI=1S/C23H20F4N4O5/c1-11-7-18(29-12(2)19(11)35-15-8-13(9-15)22(33)34)31-6-5-28-20(21(31)32)30-17-4-3-14(10-16(17)24)36-23(25,26)27/h3-7,10,13,15H,8-9H2,1-2H3,(H,28,30)(H,33,34). The van der Waals surface area contributed by atoms with Crippen molar-refractivity contribution in [3.63, 3.8) is 0 Å². The van der Waals surface area contributed by atoms with Gasteiger partial charge in [0, 0.05) is 18.5 Å². The number of nitrogens with zero attached hydrogens (tertiary/aromatic N) is 3. The molecule has 9 nitrogen and oxygen atoms in total. The fourth-order valence-electron chi connectivity index (χ4n) is 3.73. The van der Waals surface area contributed by atoms with Gasteiger partial charge in [-0.3, -0.25) is 14.2 Å². The summed E-state index contributed by atoms with van der Waals surface area (Å²) in [6.45, 7) is 3.44. The predicted molar refractivity (Wildman–Crippen MR) is 118 cm³/mol. The number of carboxylic acid groups (broad SMARTS) is 1. The molecule has 0 bridgehead atoms. The van der Waals surface area contributed by atoms with Crippen LogP contribution in [0.5, 0.6) is 11.5 Å². The van der Waals surface area contributed by atoms with Crippen molar-refractivity contribution >= 4 is 17.5 Å². The first-order valence-corrected chi connectivity index (χ1v) is 10.7. The van der Waals surface area contributed by atoms with Crippen LogP contribution in [0, 0.1) is 25.6 Å². The Kier molecular flexibility index (Phi) is 6.57. The molecule has 0 aliphatic heterocycles. The average Bonchev–Trinajstić information content (AvgIpc) is 2.73. The summed E-state index contributed by atoms with van der Waals surface area (Å²) in [4.78, 5) is 32.3. The van der Waals surface area contributed by atoms with Gasteiger partial charge < -0.3 is 19.9 Å². The van der Waals surface area contributed by atoms with Crippen molar-refractivity contribution in [2.45, 2.75) is 39.2 Å². The molecule has 1 aliphatic carbocycles. The van der Waals surface area contributed by atoms with Gasteiger partial charge in [0.2, 0.25) is 0 Å². The summed E-state index contributed by atoms with van der Waals surface area (Å²) in [5, 5.41) is 11.5. The van der Waals surface area contributed by atoms with Crippen LogP contribution >= 0.6 is 0 Å². The number of rotatable bonds is 7. The average molecular weight is 508 g/mol. The van der Waals surface area contributed by atoms with Crippen LogP contribution in [0.3, 0.4) is 0 Å². The number of aryl methyl sites for hydroxylation is 2. The molecule has 0 unspecified atom stereocenters. The van der Waals surface area contributed by atoms with Gasteiger partial charge in [-0.15, -0.1) is 13.2 Å². The monoisotopic (exact) mass is 508 g/mol. The molecule has 1 saturated carbocycles. The summed E-state index contributed by atoms with van der Waals surface area (Å²) in [7, 11) is 0. The summed E-state index contributed by atoms with van der Waals surface area (Å²) in [5.74, 6) is -2.67. The molecule has 13 heteroatoms. The van der Waals surface area contributed by atoms with Crippen LogP contribution in [0.4, 0.5) is 29.1 Å². The Morgan fingerprint density at radius 1 is 1.22 bits per heavy atom. The maximum absolute atomic E-state index is 14.3. The summed E-state index contributed by atoms with van der Waals surface area (Å²) < 4.78 is 62.1. The highest BCUT2D eigenvalue weighted by Crippen LogP contribution is 2.34. The predicted octanol–water partition coefficient (Wildman–Crippen LogP) is 4.27. The lowest BCUT2D eigenvalue weighted by atomic mass is 9.82. The maximum Gasteiger partial charge on any atom is 0.573 e. The number of alkyl halides is 3. The Morgan fingerprint density at radius 2 is 1.94 bits per heavy atom. The van der Waals surface area contributed by atoms with E-state index in [2.05, 4.69) is 20.0 Å². The van der Waals surface area contributed by atoms with Crippen molar-refractivity contribution < 1.29 is 36.9 Å². The van der Waals surface area contributed by atoms with Crippen molar-refractivity contribution in [2.75, 3.05) is 5.32 Å². The van der Waals surface area contributed by atoms with E-state index in [0.29, 0.717) is 35.9 Å². The zero-order valence-electron chi connectivity index (χ0n) is 19.0. The molecule has 4 rings (SSSR count). The second-order valence-corrected chi connectivity index (χ2v) is 8.22. The molecule has 1 fully saturated rings. The first-order chi connectivity index (χ1) is 16.9. The molecule has 2 heterocycles. The van der Waals surface area contributed by atoms with Crippen molar-refractivity contribution in [3.05, 3.63) is 64.1 Å². The molecule has 190 valence electrons. The number of pyridine rings is 1. The number of hydrogen-bond acceptors (Lipinski definition) is 7. The number of aromatic nitrogens is 3. The van der Waals surface area contributed by atoms with Gasteiger partial charge in [0.15, 0.2) is 5.82 Å². The third kappa shape index (κ3) is 5.39. The summed E-state index contributed by atoms with van der Waals surface area (Å²) in [5.41, 5.74) is 0.181. The lowest BCUT2D eigenvalue weighted by Crippen LogP contribution is -2.38. The van der Waals surface area contributed by atoms with E-state index in [1.165, 1.54) is 17.0 Å². The molecule has 3 aromatic rings. The lowest BCUT2D eigenvalue weighted by Gasteiger charge is -2.33. The van der Waals surface area contributed by atoms with Gasteiger partial charge >= 0.3 is 12.3 Å². The number of carbonyl (C=O) groups is 1. The minimum atomic E-state index is -4.97. The van der Waals surface area contributed by atoms with Crippen molar-refractivity contribution in [2.24, 2.45) is 5.92 Å². The molecule has 36 heavy (non-hydrogen) atoms. The number of aliphatic carboxylic acids is 1. The normalized spacial score (nSPS) is 17.3. The zero-order chi connectivity index (χ0) is 26.2. The Hall–Kier alpha value is -4.16. The molecule has 2 N–H and O–H groups in total. The molecular formula is C23H20F4N4O5. The van der Waals surface area contributed by atoms with E-state index >= 15 is 0 Å². The Bertz CT molecular complexity index is 1350. The van der Waals surface area contributed by atoms with Crippen molar-refractivity contribution in [1.29, 1.82) is 0 Å². The van der Waals surface area contributed by atoms with Crippen LogP contribution < -0.4 is 20.3 Å². The highest BCUT2D eigenvalue weighted by molar-refractivity contribution is 5.71. The molecule has 0 atom stereocenters. The second-order valence-electron chi connectivity index (χ2n) is 8.22. The van der Waals surface area contributed by atoms with Crippen LogP contribution in [0.15, 0.2) is 41.5 Å². The topological polar surface area (TPSA) is 116 Å². The molecule has 1 aliphatic rings. The first kappa shape index (κ1) is 24.9. The molecule has 2 aromatic heterocycles. The fraction of sp³-hybridized carbons (Fsp3) is 0.304. The fourth-order valence-corrected chi connectivity index (χ4v) is 3.73. The van der Waals surface area contributed by atoms with E-state index in [1.807, 2.05) is 0 Å². The molecular weight excluding hydrogens is 488 g/mol. The van der Waals surface area contributed by atoms with E-state index in [1.54, 1.807) is 19.9 Å². The smallest absolute Gasteiger partial charge is 0.488 e. The minimum Gasteiger partial charge on any atom is -0.488 e. The van der Waals surface area contributed by atoms with Gasteiger partial charge in [0.1, 0.15) is 29.2 Å². The van der Waals surface area contributed by atoms with Gasteiger partial charge in [-0.1, -0.05) is 0 Å².